The first kappa shape index (κ1) is 18.7. The van der Waals surface area contributed by atoms with Crippen LogP contribution < -0.4 is 10.6 Å². The van der Waals surface area contributed by atoms with Gasteiger partial charge in [-0.3, -0.25) is 4.99 Å². The van der Waals surface area contributed by atoms with Gasteiger partial charge in [0.1, 0.15) is 0 Å². The van der Waals surface area contributed by atoms with Gasteiger partial charge < -0.3 is 24.8 Å². The third-order valence-electron chi connectivity index (χ3n) is 4.69. The van der Waals surface area contributed by atoms with E-state index in [1.807, 2.05) is 0 Å². The molecule has 0 amide bonds. The number of para-hydroxylation sites is 1. The molecule has 1 aromatic carbocycles. The van der Waals surface area contributed by atoms with Crippen LogP contribution in [0.25, 0.3) is 10.9 Å². The first-order valence-corrected chi connectivity index (χ1v) is 9.62. The second-order valence-electron chi connectivity index (χ2n) is 6.82. The van der Waals surface area contributed by atoms with Crippen molar-refractivity contribution in [3.63, 3.8) is 0 Å². The Balaban J connectivity index is 1.45. The third-order valence-corrected chi connectivity index (χ3v) is 4.69. The molecule has 1 aliphatic rings. The van der Waals surface area contributed by atoms with Crippen LogP contribution in [0.4, 0.5) is 0 Å². The van der Waals surface area contributed by atoms with E-state index in [9.17, 15) is 0 Å². The molecule has 2 aromatic rings. The minimum absolute atomic E-state index is 0.190. The van der Waals surface area contributed by atoms with Gasteiger partial charge in [0.05, 0.1) is 19.3 Å². The Morgan fingerprint density at radius 2 is 2.15 bits per heavy atom. The predicted octanol–water partition coefficient (Wildman–Crippen LogP) is 1.92. The number of fused-ring (bicyclic) bond motifs is 1. The zero-order valence-corrected chi connectivity index (χ0v) is 15.9. The van der Waals surface area contributed by atoms with E-state index in [1.165, 1.54) is 10.9 Å². The Labute approximate surface area is 156 Å². The molecule has 1 fully saturated rings. The smallest absolute Gasteiger partial charge is 0.191 e. The molecular formula is C20H31N5O. The Morgan fingerprint density at radius 3 is 3.00 bits per heavy atom. The second kappa shape index (κ2) is 9.59. The van der Waals surface area contributed by atoms with Crippen molar-refractivity contribution in [2.75, 3.05) is 46.4 Å². The maximum absolute atomic E-state index is 5.78. The van der Waals surface area contributed by atoms with Crippen molar-refractivity contribution in [3.8, 4) is 0 Å². The number of nitrogens with zero attached hydrogens (tertiary/aromatic N) is 3. The summed E-state index contributed by atoms with van der Waals surface area (Å²) < 4.78 is 8.10. The number of rotatable bonds is 7. The monoisotopic (exact) mass is 357 g/mol. The predicted molar refractivity (Wildman–Crippen MR) is 108 cm³/mol. The lowest BCUT2D eigenvalue weighted by molar-refractivity contribution is -0.0136. The highest BCUT2D eigenvalue weighted by Gasteiger charge is 2.17. The van der Waals surface area contributed by atoms with E-state index in [0.29, 0.717) is 6.54 Å². The lowest BCUT2D eigenvalue weighted by atomic mass is 10.2. The van der Waals surface area contributed by atoms with Crippen LogP contribution >= 0.6 is 0 Å². The van der Waals surface area contributed by atoms with Crippen molar-refractivity contribution in [1.82, 2.24) is 20.1 Å². The number of hydrogen-bond donors (Lipinski definition) is 2. The summed E-state index contributed by atoms with van der Waals surface area (Å²) >= 11 is 0. The van der Waals surface area contributed by atoms with Crippen LogP contribution in [-0.2, 0) is 11.3 Å². The van der Waals surface area contributed by atoms with Crippen LogP contribution in [0.3, 0.4) is 0 Å². The molecule has 0 aliphatic carbocycles. The Hall–Kier alpha value is -2.05. The molecule has 142 valence electrons. The summed E-state index contributed by atoms with van der Waals surface area (Å²) in [6.07, 6.45) is 3.41. The molecule has 1 atom stereocenters. The van der Waals surface area contributed by atoms with Crippen molar-refractivity contribution >= 4 is 16.9 Å². The number of guanidine groups is 1. The van der Waals surface area contributed by atoms with E-state index in [2.05, 4.69) is 70.6 Å². The van der Waals surface area contributed by atoms with Crippen molar-refractivity contribution in [2.24, 2.45) is 4.99 Å². The number of benzene rings is 1. The lowest BCUT2D eigenvalue weighted by Crippen LogP contribution is -2.43. The van der Waals surface area contributed by atoms with Gasteiger partial charge in [-0.2, -0.15) is 0 Å². The number of nitrogens with one attached hydrogen (secondary N) is 2. The summed E-state index contributed by atoms with van der Waals surface area (Å²) in [6.45, 7) is 8.29. The second-order valence-corrected chi connectivity index (χ2v) is 6.82. The van der Waals surface area contributed by atoms with E-state index >= 15 is 0 Å². The number of ether oxygens (including phenoxy) is 1. The Bertz CT molecular complexity index is 711. The van der Waals surface area contributed by atoms with Gasteiger partial charge >= 0.3 is 0 Å². The SMILES string of the molecule is CCNC(=NCC1CN(C)CCO1)NCCCn1ccc2ccccc21. The number of likely N-dealkylation sites (N-methyl/N-ethyl adjacent to an activating group) is 1. The van der Waals surface area contributed by atoms with E-state index < -0.39 is 0 Å². The lowest BCUT2D eigenvalue weighted by Gasteiger charge is -2.29. The molecule has 1 aliphatic heterocycles. The third kappa shape index (κ3) is 5.22. The summed E-state index contributed by atoms with van der Waals surface area (Å²) in [6, 6.07) is 10.7. The highest BCUT2D eigenvalue weighted by molar-refractivity contribution is 5.80. The Kier molecular flexibility index (Phi) is 6.91. The average molecular weight is 358 g/mol. The van der Waals surface area contributed by atoms with Gasteiger partial charge in [0, 0.05) is 44.4 Å². The van der Waals surface area contributed by atoms with Crippen molar-refractivity contribution in [1.29, 1.82) is 0 Å². The van der Waals surface area contributed by atoms with E-state index in [0.717, 1.165) is 51.7 Å². The molecule has 3 rings (SSSR count). The normalized spacial score (nSPS) is 19.0. The number of aliphatic imine (C=N–C) groups is 1. The highest BCUT2D eigenvalue weighted by atomic mass is 16.5. The maximum atomic E-state index is 5.78. The van der Waals surface area contributed by atoms with Crippen LogP contribution in [0.15, 0.2) is 41.5 Å². The number of morpholine rings is 1. The molecule has 2 N–H and O–H groups in total. The molecule has 1 aromatic heterocycles. The van der Waals surface area contributed by atoms with Crippen LogP contribution in [0.1, 0.15) is 13.3 Å². The molecule has 1 unspecified atom stereocenters. The molecule has 6 nitrogen and oxygen atoms in total. The van der Waals surface area contributed by atoms with E-state index in [4.69, 9.17) is 9.73 Å². The largest absolute Gasteiger partial charge is 0.374 e. The van der Waals surface area contributed by atoms with E-state index in [1.54, 1.807) is 0 Å². The van der Waals surface area contributed by atoms with Gasteiger partial charge in [-0.05, 0) is 37.9 Å². The summed E-state index contributed by atoms with van der Waals surface area (Å²) in [5.74, 6) is 0.877. The molecular weight excluding hydrogens is 326 g/mol. The molecule has 0 bridgehead atoms. The first-order chi connectivity index (χ1) is 12.8. The fourth-order valence-corrected chi connectivity index (χ4v) is 3.30. The van der Waals surface area contributed by atoms with Crippen LogP contribution in [0.2, 0.25) is 0 Å². The van der Waals surface area contributed by atoms with Crippen LogP contribution in [-0.4, -0.2) is 67.9 Å². The van der Waals surface area contributed by atoms with Gasteiger partial charge in [-0.25, -0.2) is 0 Å². The summed E-state index contributed by atoms with van der Waals surface area (Å²) in [4.78, 5) is 6.99. The molecule has 0 radical (unpaired) electrons. The van der Waals surface area contributed by atoms with Crippen molar-refractivity contribution in [3.05, 3.63) is 36.5 Å². The molecule has 0 saturated carbocycles. The minimum atomic E-state index is 0.190. The van der Waals surface area contributed by atoms with Gasteiger partial charge in [-0.15, -0.1) is 0 Å². The number of aryl methyl sites for hydroxylation is 1. The molecule has 26 heavy (non-hydrogen) atoms. The van der Waals surface area contributed by atoms with Gasteiger partial charge in [0.2, 0.25) is 0 Å². The van der Waals surface area contributed by atoms with Crippen LogP contribution in [0.5, 0.6) is 0 Å². The molecule has 1 saturated heterocycles. The van der Waals surface area contributed by atoms with Crippen LogP contribution in [0, 0.1) is 0 Å². The molecule has 2 heterocycles. The summed E-state index contributed by atoms with van der Waals surface area (Å²) in [5, 5.41) is 8.06. The molecule has 0 spiro atoms. The van der Waals surface area contributed by atoms with Gasteiger partial charge in [0.25, 0.3) is 0 Å². The maximum Gasteiger partial charge on any atom is 0.191 e. The number of aromatic nitrogens is 1. The average Bonchev–Trinajstić information content (AvgIpc) is 3.06. The van der Waals surface area contributed by atoms with Crippen molar-refractivity contribution in [2.45, 2.75) is 26.0 Å². The van der Waals surface area contributed by atoms with Gasteiger partial charge in [-0.1, -0.05) is 18.2 Å². The summed E-state index contributed by atoms with van der Waals surface area (Å²) in [5.41, 5.74) is 1.30. The minimum Gasteiger partial charge on any atom is -0.374 e. The first-order valence-electron chi connectivity index (χ1n) is 9.62. The topological polar surface area (TPSA) is 53.8 Å². The summed E-state index contributed by atoms with van der Waals surface area (Å²) in [7, 11) is 2.13. The standard InChI is InChI=1S/C20H31N5O/c1-3-21-20(23-15-18-16-24(2)13-14-26-18)22-10-6-11-25-12-9-17-7-4-5-8-19(17)25/h4-5,7-9,12,18H,3,6,10-11,13-16H2,1-2H3,(H2,21,22,23). The fourth-order valence-electron chi connectivity index (χ4n) is 3.30. The van der Waals surface area contributed by atoms with E-state index in [-0.39, 0.29) is 6.10 Å². The highest BCUT2D eigenvalue weighted by Crippen LogP contribution is 2.15. The Morgan fingerprint density at radius 1 is 1.27 bits per heavy atom. The fraction of sp³-hybridized carbons (Fsp3) is 0.550. The number of hydrogen-bond acceptors (Lipinski definition) is 3. The zero-order chi connectivity index (χ0) is 18.2. The zero-order valence-electron chi connectivity index (χ0n) is 15.9. The molecule has 6 heteroatoms. The quantitative estimate of drug-likeness (QED) is 0.452. The van der Waals surface area contributed by atoms with Crippen molar-refractivity contribution < 1.29 is 4.74 Å². The van der Waals surface area contributed by atoms with Gasteiger partial charge in [0.15, 0.2) is 5.96 Å².